The molecule has 0 spiro atoms. The molecule has 4 heteroatoms. The van der Waals surface area contributed by atoms with Crippen LogP contribution in [0.5, 0.6) is 0 Å². The van der Waals surface area contributed by atoms with Crippen molar-refractivity contribution < 1.29 is 9.90 Å². The third kappa shape index (κ3) is 2.64. The molecule has 2 N–H and O–H groups in total. The van der Waals surface area contributed by atoms with E-state index in [1.165, 1.54) is 0 Å². The fourth-order valence-electron chi connectivity index (χ4n) is 2.64. The van der Waals surface area contributed by atoms with Gasteiger partial charge in [-0.1, -0.05) is 25.1 Å². The normalized spacial score (nSPS) is 21.6. The van der Waals surface area contributed by atoms with Gasteiger partial charge in [0.05, 0.1) is 12.0 Å². The first kappa shape index (κ1) is 12.9. The highest BCUT2D eigenvalue weighted by Crippen LogP contribution is 2.24. The fourth-order valence-corrected chi connectivity index (χ4v) is 2.64. The van der Waals surface area contributed by atoms with Crippen molar-refractivity contribution in [1.29, 1.82) is 0 Å². The Balaban J connectivity index is 2.23. The second-order valence-corrected chi connectivity index (χ2v) is 4.65. The minimum atomic E-state index is -0.702. The molecule has 1 aliphatic rings. The number of piperazine rings is 1. The molecule has 18 heavy (non-hydrogen) atoms. The number of para-hydroxylation sites is 1. The van der Waals surface area contributed by atoms with Crippen molar-refractivity contribution in [3.8, 4) is 0 Å². The van der Waals surface area contributed by atoms with Crippen molar-refractivity contribution in [3.63, 3.8) is 0 Å². The molecule has 1 saturated heterocycles. The Labute approximate surface area is 108 Å². The number of hydrogen-bond acceptors (Lipinski definition) is 3. The number of carboxylic acids is 1. The van der Waals surface area contributed by atoms with Gasteiger partial charge in [-0.3, -0.25) is 4.79 Å². The Kier molecular flexibility index (Phi) is 4.20. The predicted octanol–water partition coefficient (Wildman–Crippen LogP) is 1.58. The van der Waals surface area contributed by atoms with E-state index in [1.54, 1.807) is 0 Å². The summed E-state index contributed by atoms with van der Waals surface area (Å²) in [5.41, 5.74) is 1.11. The number of nitrogens with zero attached hydrogens (tertiary/aromatic N) is 1. The van der Waals surface area contributed by atoms with Gasteiger partial charge in [0.15, 0.2) is 0 Å². The van der Waals surface area contributed by atoms with E-state index >= 15 is 0 Å². The molecule has 1 heterocycles. The molecule has 1 aromatic rings. The van der Waals surface area contributed by atoms with Gasteiger partial charge in [0.25, 0.3) is 0 Å². The molecule has 1 fully saturated rings. The summed E-state index contributed by atoms with van der Waals surface area (Å²) in [5, 5.41) is 12.6. The number of carboxylic acid groups (broad SMARTS) is 1. The molecule has 4 nitrogen and oxygen atoms in total. The Hall–Kier alpha value is -1.55. The quantitative estimate of drug-likeness (QED) is 0.849. The summed E-state index contributed by atoms with van der Waals surface area (Å²) in [6.45, 7) is 4.44. The van der Waals surface area contributed by atoms with Crippen molar-refractivity contribution in [2.24, 2.45) is 5.92 Å². The maximum Gasteiger partial charge on any atom is 0.308 e. The molecule has 0 amide bonds. The molecular weight excluding hydrogens is 228 g/mol. The average molecular weight is 248 g/mol. The number of aliphatic carboxylic acids is 1. The summed E-state index contributed by atoms with van der Waals surface area (Å²) in [5.74, 6) is -1.02. The van der Waals surface area contributed by atoms with E-state index in [2.05, 4.69) is 10.2 Å². The number of anilines is 1. The maximum atomic E-state index is 11.4. The molecule has 2 rings (SSSR count). The van der Waals surface area contributed by atoms with Crippen LogP contribution in [0.25, 0.3) is 0 Å². The average Bonchev–Trinajstić information content (AvgIpc) is 2.41. The SMILES string of the molecule is CCC(C(=O)O)C1CNCCN1c1ccccc1. The molecule has 0 bridgehead atoms. The van der Waals surface area contributed by atoms with Crippen LogP contribution in [0.4, 0.5) is 5.69 Å². The van der Waals surface area contributed by atoms with Crippen LogP contribution in [0.3, 0.4) is 0 Å². The van der Waals surface area contributed by atoms with Crippen LogP contribution < -0.4 is 10.2 Å². The van der Waals surface area contributed by atoms with Crippen LogP contribution >= 0.6 is 0 Å². The van der Waals surface area contributed by atoms with Gasteiger partial charge in [0.1, 0.15) is 0 Å². The Bertz CT molecular complexity index is 394. The van der Waals surface area contributed by atoms with Crippen molar-refractivity contribution in [1.82, 2.24) is 5.32 Å². The molecular formula is C14H20N2O2. The lowest BCUT2D eigenvalue weighted by Gasteiger charge is -2.40. The summed E-state index contributed by atoms with van der Waals surface area (Å²) in [6, 6.07) is 10.1. The van der Waals surface area contributed by atoms with Gasteiger partial charge in [0.2, 0.25) is 0 Å². The number of carbonyl (C=O) groups is 1. The second-order valence-electron chi connectivity index (χ2n) is 4.65. The van der Waals surface area contributed by atoms with Crippen LogP contribution in [-0.2, 0) is 4.79 Å². The second kappa shape index (κ2) is 5.87. The molecule has 0 saturated carbocycles. The van der Waals surface area contributed by atoms with E-state index in [0.29, 0.717) is 6.42 Å². The van der Waals surface area contributed by atoms with Gasteiger partial charge in [-0.25, -0.2) is 0 Å². The Morgan fingerprint density at radius 3 is 2.83 bits per heavy atom. The molecule has 1 aliphatic heterocycles. The standard InChI is InChI=1S/C14H20N2O2/c1-2-12(14(17)18)13-10-15-8-9-16(13)11-6-4-3-5-7-11/h3-7,12-13,15H,2,8-10H2,1H3,(H,17,18). The van der Waals surface area contributed by atoms with E-state index in [-0.39, 0.29) is 12.0 Å². The monoisotopic (exact) mass is 248 g/mol. The highest BCUT2D eigenvalue weighted by atomic mass is 16.4. The molecule has 1 aromatic carbocycles. The van der Waals surface area contributed by atoms with Crippen molar-refractivity contribution in [3.05, 3.63) is 30.3 Å². The smallest absolute Gasteiger partial charge is 0.308 e. The number of hydrogen-bond donors (Lipinski definition) is 2. The number of nitrogens with one attached hydrogen (secondary N) is 1. The largest absolute Gasteiger partial charge is 0.481 e. The lowest BCUT2D eigenvalue weighted by atomic mass is 9.93. The fraction of sp³-hybridized carbons (Fsp3) is 0.500. The van der Waals surface area contributed by atoms with Crippen LogP contribution in [0.15, 0.2) is 30.3 Å². The molecule has 0 radical (unpaired) electrons. The highest BCUT2D eigenvalue weighted by molar-refractivity contribution is 5.72. The van der Waals surface area contributed by atoms with Crippen molar-refractivity contribution in [2.75, 3.05) is 24.5 Å². The molecule has 2 unspecified atom stereocenters. The van der Waals surface area contributed by atoms with E-state index < -0.39 is 5.97 Å². The maximum absolute atomic E-state index is 11.4. The van der Waals surface area contributed by atoms with Crippen molar-refractivity contribution >= 4 is 11.7 Å². The summed E-state index contributed by atoms with van der Waals surface area (Å²) in [7, 11) is 0. The van der Waals surface area contributed by atoms with Gasteiger partial charge in [-0.2, -0.15) is 0 Å². The topological polar surface area (TPSA) is 52.6 Å². The van der Waals surface area contributed by atoms with Crippen molar-refractivity contribution in [2.45, 2.75) is 19.4 Å². The zero-order valence-electron chi connectivity index (χ0n) is 10.7. The van der Waals surface area contributed by atoms with Gasteiger partial charge in [0, 0.05) is 25.3 Å². The lowest BCUT2D eigenvalue weighted by molar-refractivity contribution is -0.142. The van der Waals surface area contributed by atoms with Gasteiger partial charge in [-0.15, -0.1) is 0 Å². The highest BCUT2D eigenvalue weighted by Gasteiger charge is 2.33. The first-order valence-electron chi connectivity index (χ1n) is 6.49. The summed E-state index contributed by atoms with van der Waals surface area (Å²) < 4.78 is 0. The third-order valence-corrected chi connectivity index (χ3v) is 3.59. The number of rotatable bonds is 4. The van der Waals surface area contributed by atoms with E-state index in [1.807, 2.05) is 37.3 Å². The first-order valence-corrected chi connectivity index (χ1v) is 6.49. The minimum absolute atomic E-state index is 0.0312. The first-order chi connectivity index (χ1) is 8.74. The van der Waals surface area contributed by atoms with Gasteiger partial charge in [-0.05, 0) is 18.6 Å². The Morgan fingerprint density at radius 1 is 1.50 bits per heavy atom. The summed E-state index contributed by atoms with van der Waals surface area (Å²) in [6.07, 6.45) is 0.658. The zero-order valence-corrected chi connectivity index (χ0v) is 10.7. The predicted molar refractivity (Wildman–Crippen MR) is 71.9 cm³/mol. The van der Waals surface area contributed by atoms with Crippen LogP contribution in [0.2, 0.25) is 0 Å². The minimum Gasteiger partial charge on any atom is -0.481 e. The summed E-state index contributed by atoms with van der Waals surface area (Å²) in [4.78, 5) is 13.6. The van der Waals surface area contributed by atoms with Crippen LogP contribution in [0, 0.1) is 5.92 Å². The van der Waals surface area contributed by atoms with Crippen LogP contribution in [-0.4, -0.2) is 36.8 Å². The van der Waals surface area contributed by atoms with Gasteiger partial charge < -0.3 is 15.3 Å². The molecule has 0 aromatic heterocycles. The lowest BCUT2D eigenvalue weighted by Crippen LogP contribution is -2.56. The molecule has 2 atom stereocenters. The van der Waals surface area contributed by atoms with Crippen LogP contribution in [0.1, 0.15) is 13.3 Å². The molecule has 98 valence electrons. The van der Waals surface area contributed by atoms with Gasteiger partial charge >= 0.3 is 5.97 Å². The molecule has 0 aliphatic carbocycles. The Morgan fingerprint density at radius 2 is 2.22 bits per heavy atom. The summed E-state index contributed by atoms with van der Waals surface area (Å²) >= 11 is 0. The number of benzene rings is 1. The zero-order chi connectivity index (χ0) is 13.0. The van der Waals surface area contributed by atoms with E-state index in [4.69, 9.17) is 0 Å². The van der Waals surface area contributed by atoms with E-state index in [9.17, 15) is 9.90 Å². The third-order valence-electron chi connectivity index (χ3n) is 3.59. The van der Waals surface area contributed by atoms with E-state index in [0.717, 1.165) is 25.3 Å².